The quantitative estimate of drug-likeness (QED) is 0.322. The molecule has 13 heteroatoms. The van der Waals surface area contributed by atoms with Crippen LogP contribution in [0.5, 0.6) is 11.5 Å². The van der Waals surface area contributed by atoms with Crippen LogP contribution in [0.3, 0.4) is 0 Å². The van der Waals surface area contributed by atoms with E-state index in [4.69, 9.17) is 14.2 Å². The molecule has 3 aromatic heterocycles. The molecule has 202 valence electrons. The molecule has 4 heterocycles. The summed E-state index contributed by atoms with van der Waals surface area (Å²) in [4.78, 5) is 31.2. The molecule has 0 spiro atoms. The maximum absolute atomic E-state index is 14.1. The zero-order valence-electron chi connectivity index (χ0n) is 20.6. The highest BCUT2D eigenvalue weighted by Crippen LogP contribution is 2.40. The second kappa shape index (κ2) is 9.56. The van der Waals surface area contributed by atoms with Crippen LogP contribution >= 0.6 is 11.3 Å². The monoisotopic (exact) mass is 558 g/mol. The second-order valence-electron chi connectivity index (χ2n) is 8.98. The predicted octanol–water partition coefficient (Wildman–Crippen LogP) is 5.51. The van der Waals surface area contributed by atoms with Crippen molar-refractivity contribution in [2.75, 3.05) is 18.7 Å². The number of ether oxygens (including phenoxy) is 3. The lowest BCUT2D eigenvalue weighted by Gasteiger charge is -2.12. The van der Waals surface area contributed by atoms with Crippen molar-refractivity contribution < 1.29 is 37.0 Å². The van der Waals surface area contributed by atoms with Gasteiger partial charge in [-0.2, -0.15) is 18.3 Å². The summed E-state index contributed by atoms with van der Waals surface area (Å²) in [5.74, 6) is -0.428. The first kappa shape index (κ1) is 25.2. The molecule has 0 saturated heterocycles. The van der Waals surface area contributed by atoms with Gasteiger partial charge in [0, 0.05) is 16.5 Å². The third-order valence-electron chi connectivity index (χ3n) is 6.50. The number of hydrogen-bond acceptors (Lipinski definition) is 8. The Bertz CT molecular complexity index is 1630. The molecule has 0 fully saturated rings. The van der Waals surface area contributed by atoms with E-state index in [0.29, 0.717) is 38.6 Å². The number of anilines is 1. The first-order valence-electron chi connectivity index (χ1n) is 12.2. The topological polar surface area (TPSA) is 104 Å². The van der Waals surface area contributed by atoms with E-state index in [9.17, 15) is 22.8 Å². The lowest BCUT2D eigenvalue weighted by molar-refractivity contribution is -0.142. The van der Waals surface area contributed by atoms with Crippen LogP contribution in [0.15, 0.2) is 30.3 Å². The molecule has 1 aromatic carbocycles. The minimum atomic E-state index is -4.78. The van der Waals surface area contributed by atoms with Gasteiger partial charge in [0.1, 0.15) is 5.00 Å². The second-order valence-corrected chi connectivity index (χ2v) is 10.1. The third kappa shape index (κ3) is 4.56. The summed E-state index contributed by atoms with van der Waals surface area (Å²) in [6.07, 6.45) is -1.44. The van der Waals surface area contributed by atoms with Crippen LogP contribution in [0.4, 0.5) is 18.2 Å². The van der Waals surface area contributed by atoms with Gasteiger partial charge in [-0.3, -0.25) is 4.79 Å². The Labute approximate surface area is 223 Å². The number of carbonyl (C=O) groups is 2. The molecule has 0 bridgehead atoms. The first-order chi connectivity index (χ1) is 18.7. The summed E-state index contributed by atoms with van der Waals surface area (Å²) in [5, 5.41) is 6.91. The average Bonchev–Trinajstić information content (AvgIpc) is 3.63. The molecule has 0 unspecified atom stereocenters. The molecule has 1 aliphatic heterocycles. The van der Waals surface area contributed by atoms with Crippen LogP contribution in [0.1, 0.15) is 56.7 Å². The van der Waals surface area contributed by atoms with E-state index < -0.39 is 23.7 Å². The van der Waals surface area contributed by atoms with Gasteiger partial charge in [0.2, 0.25) is 6.79 Å². The molecule has 1 N–H and O–H groups in total. The van der Waals surface area contributed by atoms with E-state index in [-0.39, 0.29) is 30.4 Å². The Balaban J connectivity index is 1.38. The number of aromatic nitrogens is 3. The number of amides is 1. The SMILES string of the molecule is CCOC(=O)c1c(NC(=O)c2cc3nc(-c4ccc5c(c4)OCO5)cc(C(F)(F)F)n3n2)sc2c1CCCC2. The number of halogens is 3. The fraction of sp³-hybridized carbons (Fsp3) is 0.308. The van der Waals surface area contributed by atoms with Gasteiger partial charge in [0.25, 0.3) is 5.91 Å². The highest BCUT2D eigenvalue weighted by molar-refractivity contribution is 7.17. The van der Waals surface area contributed by atoms with Gasteiger partial charge in [-0.15, -0.1) is 11.3 Å². The molecule has 0 radical (unpaired) electrons. The molecule has 6 rings (SSSR count). The lowest BCUT2D eigenvalue weighted by Crippen LogP contribution is -2.17. The van der Waals surface area contributed by atoms with E-state index in [1.165, 1.54) is 17.4 Å². The lowest BCUT2D eigenvalue weighted by atomic mass is 9.95. The molecular formula is C26H21F3N4O5S. The van der Waals surface area contributed by atoms with E-state index in [2.05, 4.69) is 15.4 Å². The van der Waals surface area contributed by atoms with Crippen LogP contribution in [0, 0.1) is 0 Å². The third-order valence-corrected chi connectivity index (χ3v) is 7.70. The maximum atomic E-state index is 14.1. The maximum Gasteiger partial charge on any atom is 0.433 e. The number of nitrogens with zero attached hydrogens (tertiary/aromatic N) is 3. The molecular weight excluding hydrogens is 537 g/mol. The summed E-state index contributed by atoms with van der Waals surface area (Å²) in [6.45, 7) is 1.88. The van der Waals surface area contributed by atoms with Crippen molar-refractivity contribution in [3.05, 3.63) is 57.7 Å². The summed E-state index contributed by atoms with van der Waals surface area (Å²) < 4.78 is 58.6. The standard InChI is InChI=1S/C26H21F3N4O5S/c1-2-36-25(35)22-14-5-3-4-6-19(14)39-24(22)31-23(34)16-11-21-30-15(10-20(26(27,28)29)33(21)32-16)13-7-8-17-18(9-13)38-12-37-17/h7-11H,2-6,12H2,1H3,(H,31,34). The van der Waals surface area contributed by atoms with Gasteiger partial charge in [0.05, 0.1) is 17.9 Å². The number of fused-ring (bicyclic) bond motifs is 3. The predicted molar refractivity (Wildman–Crippen MR) is 134 cm³/mol. The number of nitrogens with one attached hydrogen (secondary N) is 1. The Morgan fingerprint density at radius 1 is 1.13 bits per heavy atom. The zero-order chi connectivity index (χ0) is 27.3. The Hall–Kier alpha value is -4.13. The minimum Gasteiger partial charge on any atom is -0.462 e. The van der Waals surface area contributed by atoms with Crippen LogP contribution < -0.4 is 14.8 Å². The highest BCUT2D eigenvalue weighted by atomic mass is 32.1. The van der Waals surface area contributed by atoms with Gasteiger partial charge in [-0.25, -0.2) is 14.3 Å². The fourth-order valence-corrected chi connectivity index (χ4v) is 6.00. The number of benzene rings is 1. The molecule has 9 nitrogen and oxygen atoms in total. The smallest absolute Gasteiger partial charge is 0.433 e. The molecule has 0 atom stereocenters. The number of rotatable bonds is 5. The number of thiophene rings is 1. The Morgan fingerprint density at radius 3 is 2.72 bits per heavy atom. The summed E-state index contributed by atoms with van der Waals surface area (Å²) in [6, 6.07) is 6.75. The Morgan fingerprint density at radius 2 is 1.92 bits per heavy atom. The van der Waals surface area contributed by atoms with Gasteiger partial charge in [-0.05, 0) is 62.4 Å². The van der Waals surface area contributed by atoms with Crippen molar-refractivity contribution in [2.45, 2.75) is 38.8 Å². The normalized spacial score (nSPS) is 14.4. The summed E-state index contributed by atoms with van der Waals surface area (Å²) >= 11 is 1.28. The number of hydrogen-bond donors (Lipinski definition) is 1. The van der Waals surface area contributed by atoms with Crippen molar-refractivity contribution in [3.8, 4) is 22.8 Å². The van der Waals surface area contributed by atoms with Gasteiger partial charge in [-0.1, -0.05) is 0 Å². The molecule has 0 saturated carbocycles. The van der Waals surface area contributed by atoms with Crippen molar-refractivity contribution in [1.82, 2.24) is 14.6 Å². The van der Waals surface area contributed by atoms with Crippen LogP contribution in [0.25, 0.3) is 16.9 Å². The van der Waals surface area contributed by atoms with Crippen molar-refractivity contribution in [3.63, 3.8) is 0 Å². The van der Waals surface area contributed by atoms with E-state index in [1.807, 2.05) is 0 Å². The van der Waals surface area contributed by atoms with Gasteiger partial charge in [0.15, 0.2) is 28.5 Å². The fourth-order valence-electron chi connectivity index (χ4n) is 4.73. The van der Waals surface area contributed by atoms with Crippen molar-refractivity contribution >= 4 is 33.9 Å². The van der Waals surface area contributed by atoms with E-state index in [0.717, 1.165) is 35.8 Å². The molecule has 1 aliphatic carbocycles. The molecule has 1 amide bonds. The zero-order valence-corrected chi connectivity index (χ0v) is 21.4. The molecule has 2 aliphatic rings. The number of esters is 1. The summed E-state index contributed by atoms with van der Waals surface area (Å²) in [5.41, 5.74) is 0.00392. The number of alkyl halides is 3. The van der Waals surface area contributed by atoms with E-state index >= 15 is 0 Å². The van der Waals surface area contributed by atoms with Crippen LogP contribution in [-0.2, 0) is 23.8 Å². The van der Waals surface area contributed by atoms with Crippen molar-refractivity contribution in [2.24, 2.45) is 0 Å². The highest BCUT2D eigenvalue weighted by Gasteiger charge is 2.36. The number of aryl methyl sites for hydroxylation is 1. The Kier molecular flexibility index (Phi) is 6.17. The first-order valence-corrected chi connectivity index (χ1v) is 13.1. The van der Waals surface area contributed by atoms with Gasteiger partial charge < -0.3 is 19.5 Å². The summed E-state index contributed by atoms with van der Waals surface area (Å²) in [7, 11) is 0. The average molecular weight is 559 g/mol. The van der Waals surface area contributed by atoms with Crippen LogP contribution in [-0.4, -0.2) is 39.9 Å². The minimum absolute atomic E-state index is 0.0191. The van der Waals surface area contributed by atoms with E-state index in [1.54, 1.807) is 25.1 Å². The van der Waals surface area contributed by atoms with Crippen LogP contribution in [0.2, 0.25) is 0 Å². The number of carbonyl (C=O) groups excluding carboxylic acids is 2. The molecule has 39 heavy (non-hydrogen) atoms. The largest absolute Gasteiger partial charge is 0.462 e. The molecule has 4 aromatic rings. The van der Waals surface area contributed by atoms with Crippen molar-refractivity contribution in [1.29, 1.82) is 0 Å². The van der Waals surface area contributed by atoms with Gasteiger partial charge >= 0.3 is 12.1 Å².